The average molecular weight is 286 g/mol. The number of rotatable bonds is 5. The van der Waals surface area contributed by atoms with E-state index in [1.807, 2.05) is 26.0 Å². The number of nitrogens with two attached hydrogens (primary N) is 1. The van der Waals surface area contributed by atoms with Crippen LogP contribution in [-0.2, 0) is 10.0 Å². The summed E-state index contributed by atoms with van der Waals surface area (Å²) in [4.78, 5) is -0.00485. The first-order valence-corrected chi connectivity index (χ1v) is 7.61. The minimum absolute atomic E-state index is 0.00485. The van der Waals surface area contributed by atoms with Gasteiger partial charge in [0.2, 0.25) is 10.0 Å². The lowest BCUT2D eigenvalue weighted by molar-refractivity contribution is 0.594. The maximum Gasteiger partial charge on any atom is 0.242 e. The summed E-state index contributed by atoms with van der Waals surface area (Å²) < 4.78 is 26.8. The Morgan fingerprint density at radius 3 is 2.50 bits per heavy atom. The van der Waals surface area contributed by atoms with Crippen molar-refractivity contribution in [2.45, 2.75) is 32.4 Å². The molecular weight excluding hydrogens is 268 g/mol. The van der Waals surface area contributed by atoms with Crippen LogP contribution in [0.25, 0.3) is 0 Å². The van der Waals surface area contributed by atoms with Gasteiger partial charge in [-0.1, -0.05) is 36.8 Å². The number of benzene rings is 1. The Labute approximate surface area is 114 Å². The van der Waals surface area contributed by atoms with Crippen molar-refractivity contribution in [1.82, 2.24) is 0 Å². The lowest BCUT2D eigenvalue weighted by Crippen LogP contribution is -2.37. The quantitative estimate of drug-likeness (QED) is 0.813. The maximum absolute atomic E-state index is 12.1. The first-order valence-electron chi connectivity index (χ1n) is 5.66. The smallest absolute Gasteiger partial charge is 0.242 e. The molecule has 0 aliphatic heterocycles. The van der Waals surface area contributed by atoms with Gasteiger partial charge in [0.15, 0.2) is 0 Å². The van der Waals surface area contributed by atoms with E-state index in [4.69, 9.17) is 18.0 Å². The van der Waals surface area contributed by atoms with Crippen molar-refractivity contribution < 1.29 is 8.42 Å². The highest BCUT2D eigenvalue weighted by Crippen LogP contribution is 2.19. The molecule has 4 nitrogen and oxygen atoms in total. The molecule has 0 aliphatic carbocycles. The van der Waals surface area contributed by atoms with Crippen LogP contribution in [0.3, 0.4) is 0 Å². The highest BCUT2D eigenvalue weighted by molar-refractivity contribution is 7.95. The average Bonchev–Trinajstić information content (AvgIpc) is 2.22. The number of thiocarbonyl (C=S) groups is 1. The molecule has 100 valence electrons. The lowest BCUT2D eigenvalue weighted by Gasteiger charge is -2.17. The van der Waals surface area contributed by atoms with E-state index in [-0.39, 0.29) is 4.99 Å². The zero-order chi connectivity index (χ0) is 13.9. The highest BCUT2D eigenvalue weighted by Gasteiger charge is 2.26. The van der Waals surface area contributed by atoms with Gasteiger partial charge in [0, 0.05) is 0 Å². The fourth-order valence-electron chi connectivity index (χ4n) is 1.73. The molecule has 1 rings (SSSR count). The van der Waals surface area contributed by atoms with E-state index in [0.29, 0.717) is 12.1 Å². The SMILES string of the molecule is CCC(C(N)=S)S(=O)(=O)Nc1ccc(C)cc1C. The van der Waals surface area contributed by atoms with Gasteiger partial charge in [0.25, 0.3) is 0 Å². The molecule has 0 spiro atoms. The van der Waals surface area contributed by atoms with Crippen LogP contribution in [0, 0.1) is 13.8 Å². The van der Waals surface area contributed by atoms with Crippen LogP contribution in [0.4, 0.5) is 5.69 Å². The second-order valence-corrected chi connectivity index (χ2v) is 6.60. The van der Waals surface area contributed by atoms with Gasteiger partial charge in [-0.2, -0.15) is 0 Å². The normalized spacial score (nSPS) is 13.1. The summed E-state index contributed by atoms with van der Waals surface area (Å²) in [6.07, 6.45) is 0.357. The fourth-order valence-corrected chi connectivity index (χ4v) is 3.70. The van der Waals surface area contributed by atoms with Crippen molar-refractivity contribution in [1.29, 1.82) is 0 Å². The monoisotopic (exact) mass is 286 g/mol. The Hall–Kier alpha value is -1.14. The van der Waals surface area contributed by atoms with Crippen LogP contribution in [0.1, 0.15) is 24.5 Å². The molecule has 0 saturated carbocycles. The van der Waals surface area contributed by atoms with Crippen LogP contribution < -0.4 is 10.5 Å². The van der Waals surface area contributed by atoms with E-state index >= 15 is 0 Å². The molecule has 6 heteroatoms. The summed E-state index contributed by atoms with van der Waals surface area (Å²) in [6, 6.07) is 5.51. The largest absolute Gasteiger partial charge is 0.392 e. The summed E-state index contributed by atoms with van der Waals surface area (Å²) in [7, 11) is -3.58. The molecule has 1 atom stereocenters. The second kappa shape index (κ2) is 5.67. The van der Waals surface area contributed by atoms with Gasteiger partial charge in [-0.25, -0.2) is 8.42 Å². The van der Waals surface area contributed by atoms with Crippen LogP contribution in [0.15, 0.2) is 18.2 Å². The Morgan fingerprint density at radius 2 is 2.06 bits per heavy atom. The highest BCUT2D eigenvalue weighted by atomic mass is 32.2. The maximum atomic E-state index is 12.1. The third-order valence-electron chi connectivity index (χ3n) is 2.70. The van der Waals surface area contributed by atoms with E-state index in [1.165, 1.54) is 0 Å². The third-order valence-corrected chi connectivity index (χ3v) is 4.97. The molecule has 3 N–H and O–H groups in total. The van der Waals surface area contributed by atoms with Crippen molar-refractivity contribution in [2.75, 3.05) is 4.72 Å². The molecule has 0 aromatic heterocycles. The minimum Gasteiger partial charge on any atom is -0.392 e. The Kier molecular flexibility index (Phi) is 4.70. The van der Waals surface area contributed by atoms with Gasteiger partial charge in [-0.15, -0.1) is 0 Å². The number of hydrogen-bond donors (Lipinski definition) is 2. The van der Waals surface area contributed by atoms with Crippen molar-refractivity contribution in [3.05, 3.63) is 29.3 Å². The molecule has 1 aromatic carbocycles. The molecule has 18 heavy (non-hydrogen) atoms. The van der Waals surface area contributed by atoms with Gasteiger partial charge >= 0.3 is 0 Å². The summed E-state index contributed by atoms with van der Waals surface area (Å²) in [5.74, 6) is 0. The molecule has 0 amide bonds. The summed E-state index contributed by atoms with van der Waals surface area (Å²) in [5, 5.41) is -0.840. The van der Waals surface area contributed by atoms with Gasteiger partial charge in [0.1, 0.15) is 5.25 Å². The van der Waals surface area contributed by atoms with Crippen molar-refractivity contribution in [2.24, 2.45) is 5.73 Å². The van der Waals surface area contributed by atoms with Crippen molar-refractivity contribution >= 4 is 32.9 Å². The predicted octanol–water partition coefficient (Wildman–Crippen LogP) is 2.11. The standard InChI is InChI=1S/C12H18N2O2S2/c1-4-11(12(13)17)18(15,16)14-10-6-5-8(2)7-9(10)3/h5-7,11,14H,4H2,1-3H3,(H2,13,17). The van der Waals surface area contributed by atoms with Gasteiger partial charge < -0.3 is 5.73 Å². The van der Waals surface area contributed by atoms with Crippen molar-refractivity contribution in [3.63, 3.8) is 0 Å². The Bertz CT molecular complexity index is 553. The number of sulfonamides is 1. The number of aryl methyl sites for hydroxylation is 2. The first-order chi connectivity index (χ1) is 8.27. The second-order valence-electron chi connectivity index (χ2n) is 4.26. The van der Waals surface area contributed by atoms with Gasteiger partial charge in [-0.05, 0) is 31.9 Å². The van der Waals surface area contributed by atoms with E-state index in [1.54, 1.807) is 13.0 Å². The first kappa shape index (κ1) is 14.9. The molecule has 0 radical (unpaired) electrons. The van der Waals surface area contributed by atoms with E-state index < -0.39 is 15.3 Å². The van der Waals surface area contributed by atoms with Gasteiger partial charge in [-0.3, -0.25) is 4.72 Å². The molecule has 0 bridgehead atoms. The van der Waals surface area contributed by atoms with Crippen LogP contribution >= 0.6 is 12.2 Å². The Balaban J connectivity index is 3.05. The number of nitrogens with one attached hydrogen (secondary N) is 1. The van der Waals surface area contributed by atoms with Crippen LogP contribution in [0.2, 0.25) is 0 Å². The molecular formula is C12H18N2O2S2. The summed E-state index contributed by atoms with van der Waals surface area (Å²) in [5.41, 5.74) is 7.98. The summed E-state index contributed by atoms with van der Waals surface area (Å²) in [6.45, 7) is 5.55. The zero-order valence-corrected chi connectivity index (χ0v) is 12.4. The summed E-state index contributed by atoms with van der Waals surface area (Å²) >= 11 is 4.79. The molecule has 0 heterocycles. The van der Waals surface area contributed by atoms with Crippen LogP contribution in [0.5, 0.6) is 0 Å². The zero-order valence-electron chi connectivity index (χ0n) is 10.7. The predicted molar refractivity (Wildman–Crippen MR) is 79.3 cm³/mol. The molecule has 0 saturated heterocycles. The fraction of sp³-hybridized carbons (Fsp3) is 0.417. The third kappa shape index (κ3) is 3.43. The molecule has 0 fully saturated rings. The van der Waals surface area contributed by atoms with Gasteiger partial charge in [0.05, 0.1) is 10.7 Å². The number of hydrogen-bond acceptors (Lipinski definition) is 3. The minimum atomic E-state index is -3.58. The topological polar surface area (TPSA) is 72.2 Å². The van der Waals surface area contributed by atoms with E-state index in [0.717, 1.165) is 11.1 Å². The van der Waals surface area contributed by atoms with E-state index in [9.17, 15) is 8.42 Å². The van der Waals surface area contributed by atoms with E-state index in [2.05, 4.69) is 4.72 Å². The Morgan fingerprint density at radius 1 is 1.44 bits per heavy atom. The lowest BCUT2D eigenvalue weighted by atomic mass is 10.1. The number of anilines is 1. The molecule has 1 unspecified atom stereocenters. The molecule has 0 aliphatic rings. The molecule has 1 aromatic rings. The van der Waals surface area contributed by atoms with Crippen LogP contribution in [-0.4, -0.2) is 18.7 Å². The van der Waals surface area contributed by atoms with Crippen molar-refractivity contribution in [3.8, 4) is 0 Å².